The number of hydrogen-bond acceptors (Lipinski definition) is 3. The zero-order chi connectivity index (χ0) is 14.0. The van der Waals surface area contributed by atoms with E-state index in [0.717, 1.165) is 0 Å². The minimum absolute atomic E-state index is 0.0569. The molecule has 0 radical (unpaired) electrons. The average Bonchev–Trinajstić information content (AvgIpc) is 2.35. The van der Waals surface area contributed by atoms with E-state index < -0.39 is 6.61 Å². The van der Waals surface area contributed by atoms with Gasteiger partial charge in [0, 0.05) is 5.56 Å². The van der Waals surface area contributed by atoms with Crippen LogP contribution in [0.25, 0.3) is 11.4 Å². The highest BCUT2D eigenvalue weighted by atomic mass is 127. The molecule has 0 atom stereocenters. The smallest absolute Gasteiger partial charge is 0.387 e. The Kier molecular flexibility index (Phi) is 4.75. The molecular weight excluding hydrogens is 412 g/mol. The van der Waals surface area contributed by atoms with Gasteiger partial charge in [-0.2, -0.15) is 8.78 Å². The normalized spacial score (nSPS) is 10.8. The summed E-state index contributed by atoms with van der Waals surface area (Å²) in [5.41, 5.74) is 0.599. The number of nitrogens with zero attached hydrogens (tertiary/aromatic N) is 2. The van der Waals surface area contributed by atoms with Crippen molar-refractivity contribution in [2.45, 2.75) is 6.61 Å². The van der Waals surface area contributed by atoms with Crippen LogP contribution in [0.3, 0.4) is 0 Å². The molecule has 1 heterocycles. The van der Waals surface area contributed by atoms with Gasteiger partial charge in [-0.3, -0.25) is 0 Å². The van der Waals surface area contributed by atoms with Crippen LogP contribution >= 0.6 is 45.8 Å². The molecule has 3 nitrogen and oxygen atoms in total. The summed E-state index contributed by atoms with van der Waals surface area (Å²) < 4.78 is 28.8. The van der Waals surface area contributed by atoms with Gasteiger partial charge in [0.25, 0.3) is 0 Å². The highest BCUT2D eigenvalue weighted by molar-refractivity contribution is 14.1. The van der Waals surface area contributed by atoms with Gasteiger partial charge in [-0.15, -0.1) is 0 Å². The fraction of sp³-hybridized carbons (Fsp3) is 0.0909. The lowest BCUT2D eigenvalue weighted by Gasteiger charge is -2.06. The maximum atomic E-state index is 12.0. The van der Waals surface area contributed by atoms with Gasteiger partial charge in [-0.25, -0.2) is 9.97 Å². The predicted molar refractivity (Wildman–Crippen MR) is 76.8 cm³/mol. The lowest BCUT2D eigenvalue weighted by atomic mass is 10.2. The second kappa shape index (κ2) is 6.15. The summed E-state index contributed by atoms with van der Waals surface area (Å²) in [4.78, 5) is 8.14. The number of benzene rings is 1. The topological polar surface area (TPSA) is 35.0 Å². The third-order valence-corrected chi connectivity index (χ3v) is 4.31. The van der Waals surface area contributed by atoms with Crippen LogP contribution in [0.4, 0.5) is 8.78 Å². The summed E-state index contributed by atoms with van der Waals surface area (Å²) in [6.45, 7) is -2.86. The zero-order valence-corrected chi connectivity index (χ0v) is 12.7. The van der Waals surface area contributed by atoms with Crippen molar-refractivity contribution in [1.82, 2.24) is 9.97 Å². The van der Waals surface area contributed by atoms with E-state index in [1.807, 2.05) is 22.6 Å². The Bertz CT molecular complexity index is 573. The van der Waals surface area contributed by atoms with Gasteiger partial charge >= 0.3 is 6.61 Å². The van der Waals surface area contributed by atoms with E-state index in [1.54, 1.807) is 12.1 Å². The first-order valence-corrected chi connectivity index (χ1v) is 6.74. The van der Waals surface area contributed by atoms with Crippen LogP contribution in [0.5, 0.6) is 5.75 Å². The summed E-state index contributed by atoms with van der Waals surface area (Å²) in [5.74, 6) is 0.375. The number of rotatable bonds is 3. The Labute approximate surface area is 131 Å². The van der Waals surface area contributed by atoms with E-state index >= 15 is 0 Å². The van der Waals surface area contributed by atoms with Crippen molar-refractivity contribution in [2.24, 2.45) is 0 Å². The fourth-order valence-electron chi connectivity index (χ4n) is 1.31. The highest BCUT2D eigenvalue weighted by Crippen LogP contribution is 2.27. The van der Waals surface area contributed by atoms with Gasteiger partial charge in [-0.05, 0) is 46.9 Å². The van der Waals surface area contributed by atoms with Gasteiger partial charge in [0.1, 0.15) is 16.1 Å². The monoisotopic (exact) mass is 416 g/mol. The molecule has 0 aliphatic rings. The number of halogens is 5. The molecule has 1 aromatic heterocycles. The minimum atomic E-state index is -2.86. The maximum absolute atomic E-state index is 12.0. The molecule has 0 saturated carbocycles. The van der Waals surface area contributed by atoms with Crippen molar-refractivity contribution in [2.75, 3.05) is 0 Å². The molecular formula is C11H5Cl2F2IN2O. The molecule has 0 saturated heterocycles. The molecule has 100 valence electrons. The first kappa shape index (κ1) is 14.7. The standard InChI is InChI=1S/C11H5Cl2F2IN2O/c12-8-7(16)9(13)18-10(17-8)5-1-3-6(4-2-5)19-11(14)15/h1-4,11H. The van der Waals surface area contributed by atoms with Crippen molar-refractivity contribution in [3.8, 4) is 17.1 Å². The van der Waals surface area contributed by atoms with E-state index in [-0.39, 0.29) is 16.1 Å². The van der Waals surface area contributed by atoms with Gasteiger partial charge in [-0.1, -0.05) is 23.2 Å². The summed E-state index contributed by atoms with van der Waals surface area (Å²) >= 11 is 13.7. The van der Waals surface area contributed by atoms with Crippen LogP contribution in [0.15, 0.2) is 24.3 Å². The molecule has 0 N–H and O–H groups in total. The molecule has 0 spiro atoms. The molecule has 0 amide bonds. The third-order valence-electron chi connectivity index (χ3n) is 2.11. The molecule has 19 heavy (non-hydrogen) atoms. The summed E-state index contributed by atoms with van der Waals surface area (Å²) in [6, 6.07) is 5.88. The molecule has 0 unspecified atom stereocenters. The summed E-state index contributed by atoms with van der Waals surface area (Å²) in [6.07, 6.45) is 0. The van der Waals surface area contributed by atoms with E-state index in [2.05, 4.69) is 14.7 Å². The molecule has 1 aromatic carbocycles. The van der Waals surface area contributed by atoms with Crippen molar-refractivity contribution < 1.29 is 13.5 Å². The van der Waals surface area contributed by atoms with Crippen LogP contribution in [0.2, 0.25) is 10.3 Å². The molecule has 8 heteroatoms. The molecule has 0 aliphatic carbocycles. The highest BCUT2D eigenvalue weighted by Gasteiger charge is 2.11. The number of alkyl halides is 2. The van der Waals surface area contributed by atoms with Crippen molar-refractivity contribution >= 4 is 45.8 Å². The predicted octanol–water partition coefficient (Wildman–Crippen LogP) is 4.66. The van der Waals surface area contributed by atoms with Crippen LogP contribution in [-0.2, 0) is 0 Å². The lowest BCUT2D eigenvalue weighted by molar-refractivity contribution is -0.0498. The largest absolute Gasteiger partial charge is 0.435 e. The number of aromatic nitrogens is 2. The average molecular weight is 417 g/mol. The Balaban J connectivity index is 2.32. The van der Waals surface area contributed by atoms with E-state index in [9.17, 15) is 8.78 Å². The molecule has 2 aromatic rings. The fourth-order valence-corrected chi connectivity index (χ4v) is 1.94. The van der Waals surface area contributed by atoms with Crippen LogP contribution < -0.4 is 4.74 Å². The van der Waals surface area contributed by atoms with E-state index in [4.69, 9.17) is 23.2 Å². The Hall–Kier alpha value is -0.730. The number of ether oxygens (including phenoxy) is 1. The van der Waals surface area contributed by atoms with Crippen molar-refractivity contribution in [3.05, 3.63) is 38.1 Å². The van der Waals surface area contributed by atoms with Crippen LogP contribution in [0, 0.1) is 3.57 Å². The first-order valence-electron chi connectivity index (χ1n) is 4.91. The second-order valence-corrected chi connectivity index (χ2v) is 5.14. The van der Waals surface area contributed by atoms with Crippen molar-refractivity contribution in [3.63, 3.8) is 0 Å². The maximum Gasteiger partial charge on any atom is 0.387 e. The van der Waals surface area contributed by atoms with Gasteiger partial charge < -0.3 is 4.74 Å². The summed E-state index contributed by atoms with van der Waals surface area (Å²) in [7, 11) is 0. The molecule has 0 bridgehead atoms. The van der Waals surface area contributed by atoms with Crippen LogP contribution in [0.1, 0.15) is 0 Å². The molecule has 0 aliphatic heterocycles. The quantitative estimate of drug-likeness (QED) is 0.539. The van der Waals surface area contributed by atoms with Crippen molar-refractivity contribution in [1.29, 1.82) is 0 Å². The van der Waals surface area contributed by atoms with Gasteiger partial charge in [0.15, 0.2) is 5.82 Å². The number of hydrogen-bond donors (Lipinski definition) is 0. The molecule has 2 rings (SSSR count). The lowest BCUT2D eigenvalue weighted by Crippen LogP contribution is -2.01. The first-order chi connectivity index (χ1) is 8.97. The summed E-state index contributed by atoms with van der Waals surface area (Å²) in [5, 5.41) is 0.479. The molecule has 0 fully saturated rings. The second-order valence-electron chi connectivity index (χ2n) is 3.35. The van der Waals surface area contributed by atoms with E-state index in [0.29, 0.717) is 15.0 Å². The SMILES string of the molecule is FC(F)Oc1ccc(-c2nc(Cl)c(I)c(Cl)n2)cc1. The Morgan fingerprint density at radius 1 is 1.05 bits per heavy atom. The van der Waals surface area contributed by atoms with E-state index in [1.165, 1.54) is 12.1 Å². The third kappa shape index (κ3) is 3.64. The van der Waals surface area contributed by atoms with Crippen LogP contribution in [-0.4, -0.2) is 16.6 Å². The minimum Gasteiger partial charge on any atom is -0.435 e. The zero-order valence-electron chi connectivity index (χ0n) is 9.08. The van der Waals surface area contributed by atoms with Gasteiger partial charge in [0.05, 0.1) is 3.57 Å². The Morgan fingerprint density at radius 3 is 2.05 bits per heavy atom. The Morgan fingerprint density at radius 2 is 1.58 bits per heavy atom. The van der Waals surface area contributed by atoms with Gasteiger partial charge in [0.2, 0.25) is 0 Å².